The van der Waals surface area contributed by atoms with Crippen molar-refractivity contribution in [3.63, 3.8) is 0 Å². The molecule has 1 saturated carbocycles. The van der Waals surface area contributed by atoms with Crippen molar-refractivity contribution < 1.29 is 14.3 Å². The van der Waals surface area contributed by atoms with Crippen LogP contribution < -0.4 is 20.4 Å². The Balaban J connectivity index is 1.24. The SMILES string of the molecule is Cc1cc(NC(=O)c2ccc(NC3COC3)nc2N2CCC3(CC2)CC3)nc(N2CCOC(C)C2)n1. The fourth-order valence-corrected chi connectivity index (χ4v) is 5.29. The van der Waals surface area contributed by atoms with Crippen LogP contribution in [0.5, 0.6) is 0 Å². The van der Waals surface area contributed by atoms with Crippen LogP contribution in [0.3, 0.4) is 0 Å². The molecule has 2 N–H and O–H groups in total. The van der Waals surface area contributed by atoms with Crippen molar-refractivity contribution in [2.24, 2.45) is 5.41 Å². The topological polar surface area (TPSA) is 105 Å². The summed E-state index contributed by atoms with van der Waals surface area (Å²) in [6.07, 6.45) is 5.12. The molecule has 1 spiro atoms. The second-order valence-corrected chi connectivity index (χ2v) is 10.7. The van der Waals surface area contributed by atoms with Crippen LogP contribution in [0.25, 0.3) is 0 Å². The molecule has 192 valence electrons. The zero-order valence-electron chi connectivity index (χ0n) is 21.1. The fourth-order valence-electron chi connectivity index (χ4n) is 5.29. The van der Waals surface area contributed by atoms with E-state index in [9.17, 15) is 4.79 Å². The molecule has 10 nitrogen and oxygen atoms in total. The third-order valence-corrected chi connectivity index (χ3v) is 7.80. The van der Waals surface area contributed by atoms with Crippen LogP contribution in [0, 0.1) is 12.3 Å². The summed E-state index contributed by atoms with van der Waals surface area (Å²) in [5.74, 6) is 2.43. The van der Waals surface area contributed by atoms with Gasteiger partial charge in [-0.15, -0.1) is 0 Å². The second kappa shape index (κ2) is 9.48. The highest BCUT2D eigenvalue weighted by Crippen LogP contribution is 2.54. The molecule has 1 atom stereocenters. The molecule has 3 aliphatic heterocycles. The molecule has 0 radical (unpaired) electrons. The number of anilines is 4. The predicted molar refractivity (Wildman–Crippen MR) is 138 cm³/mol. The number of hydrogen-bond acceptors (Lipinski definition) is 9. The first kappa shape index (κ1) is 23.4. The zero-order chi connectivity index (χ0) is 24.7. The average Bonchev–Trinajstić information content (AvgIpc) is 3.60. The van der Waals surface area contributed by atoms with Crippen LogP contribution in [0.2, 0.25) is 0 Å². The van der Waals surface area contributed by atoms with Gasteiger partial charge in [0.05, 0.1) is 37.5 Å². The molecule has 0 bridgehead atoms. The summed E-state index contributed by atoms with van der Waals surface area (Å²) >= 11 is 0. The van der Waals surface area contributed by atoms with Crippen LogP contribution in [-0.4, -0.2) is 79.0 Å². The van der Waals surface area contributed by atoms with Crippen LogP contribution >= 0.6 is 0 Å². The lowest BCUT2D eigenvalue weighted by Gasteiger charge is -2.34. The van der Waals surface area contributed by atoms with Gasteiger partial charge < -0.3 is 29.9 Å². The van der Waals surface area contributed by atoms with Gasteiger partial charge in [0.15, 0.2) is 0 Å². The van der Waals surface area contributed by atoms with Crippen molar-refractivity contribution in [3.05, 3.63) is 29.5 Å². The van der Waals surface area contributed by atoms with Crippen LogP contribution in [-0.2, 0) is 9.47 Å². The van der Waals surface area contributed by atoms with E-state index in [4.69, 9.17) is 14.5 Å². The first-order chi connectivity index (χ1) is 17.5. The van der Waals surface area contributed by atoms with Crippen molar-refractivity contribution in [2.45, 2.75) is 51.7 Å². The minimum atomic E-state index is -0.206. The van der Waals surface area contributed by atoms with Crippen LogP contribution in [0.4, 0.5) is 23.4 Å². The lowest BCUT2D eigenvalue weighted by Crippen LogP contribution is -2.42. The molecule has 36 heavy (non-hydrogen) atoms. The van der Waals surface area contributed by atoms with Crippen LogP contribution in [0.15, 0.2) is 18.2 Å². The minimum Gasteiger partial charge on any atom is -0.377 e. The molecule has 4 fully saturated rings. The maximum absolute atomic E-state index is 13.6. The first-order valence-corrected chi connectivity index (χ1v) is 13.1. The Kier molecular flexibility index (Phi) is 6.17. The molecular formula is C26H35N7O3. The quantitative estimate of drug-likeness (QED) is 0.628. The van der Waals surface area contributed by atoms with E-state index >= 15 is 0 Å². The van der Waals surface area contributed by atoms with Crippen molar-refractivity contribution >= 4 is 29.3 Å². The van der Waals surface area contributed by atoms with E-state index < -0.39 is 0 Å². The highest BCUT2D eigenvalue weighted by atomic mass is 16.5. The van der Waals surface area contributed by atoms with Gasteiger partial charge in [0.2, 0.25) is 5.95 Å². The van der Waals surface area contributed by atoms with Gasteiger partial charge in [-0.05, 0) is 57.1 Å². The summed E-state index contributed by atoms with van der Waals surface area (Å²) in [6, 6.07) is 5.84. The summed E-state index contributed by atoms with van der Waals surface area (Å²) < 4.78 is 10.9. The maximum atomic E-state index is 13.6. The number of nitrogens with one attached hydrogen (secondary N) is 2. The number of amides is 1. The number of ether oxygens (including phenoxy) is 2. The molecule has 4 aliphatic rings. The summed E-state index contributed by atoms with van der Waals surface area (Å²) in [6.45, 7) is 9.27. The van der Waals surface area contributed by atoms with Gasteiger partial charge in [-0.2, -0.15) is 4.98 Å². The van der Waals surface area contributed by atoms with Crippen molar-refractivity contribution in [1.82, 2.24) is 15.0 Å². The smallest absolute Gasteiger partial charge is 0.260 e. The summed E-state index contributed by atoms with van der Waals surface area (Å²) in [4.78, 5) is 32.1. The Morgan fingerprint density at radius 1 is 1.03 bits per heavy atom. The van der Waals surface area contributed by atoms with E-state index in [1.165, 1.54) is 12.8 Å². The van der Waals surface area contributed by atoms with E-state index in [0.717, 1.165) is 56.4 Å². The van der Waals surface area contributed by atoms with E-state index in [2.05, 4.69) is 30.4 Å². The predicted octanol–water partition coefficient (Wildman–Crippen LogP) is 2.85. The van der Waals surface area contributed by atoms with Gasteiger partial charge in [0.25, 0.3) is 5.91 Å². The number of rotatable bonds is 6. The maximum Gasteiger partial charge on any atom is 0.260 e. The fraction of sp³-hybridized carbons (Fsp3) is 0.615. The zero-order valence-corrected chi connectivity index (χ0v) is 21.1. The largest absolute Gasteiger partial charge is 0.377 e. The number of pyridine rings is 1. The second-order valence-electron chi connectivity index (χ2n) is 10.7. The van der Waals surface area contributed by atoms with Gasteiger partial charge in [0, 0.05) is 37.9 Å². The average molecular weight is 494 g/mol. The van der Waals surface area contributed by atoms with Crippen molar-refractivity contribution in [1.29, 1.82) is 0 Å². The molecule has 0 aromatic carbocycles. The minimum absolute atomic E-state index is 0.118. The number of hydrogen-bond donors (Lipinski definition) is 2. The first-order valence-electron chi connectivity index (χ1n) is 13.1. The third kappa shape index (κ3) is 4.97. The molecule has 6 rings (SSSR count). The number of carbonyl (C=O) groups is 1. The Morgan fingerprint density at radius 2 is 1.83 bits per heavy atom. The lowest BCUT2D eigenvalue weighted by atomic mass is 9.93. The Bertz CT molecular complexity index is 1120. The van der Waals surface area contributed by atoms with Gasteiger partial charge in [0.1, 0.15) is 17.5 Å². The molecule has 2 aromatic rings. The monoisotopic (exact) mass is 493 g/mol. The molecule has 1 amide bonds. The van der Waals surface area contributed by atoms with Gasteiger partial charge in [-0.25, -0.2) is 9.97 Å². The number of carbonyl (C=O) groups excluding carboxylic acids is 1. The Hall–Kier alpha value is -2.98. The molecule has 1 aliphatic carbocycles. The molecule has 5 heterocycles. The Labute approximate surface area is 211 Å². The number of aryl methyl sites for hydroxylation is 1. The summed E-state index contributed by atoms with van der Waals surface area (Å²) in [5, 5.41) is 6.45. The normalized spacial score (nSPS) is 23.3. The Morgan fingerprint density at radius 3 is 2.53 bits per heavy atom. The van der Waals surface area contributed by atoms with E-state index in [1.54, 1.807) is 0 Å². The summed E-state index contributed by atoms with van der Waals surface area (Å²) in [5.41, 5.74) is 1.92. The summed E-state index contributed by atoms with van der Waals surface area (Å²) in [7, 11) is 0. The molecule has 3 saturated heterocycles. The van der Waals surface area contributed by atoms with Crippen molar-refractivity contribution in [2.75, 3.05) is 66.4 Å². The molecular weight excluding hydrogens is 458 g/mol. The number of piperidine rings is 1. The molecule has 2 aromatic heterocycles. The van der Waals surface area contributed by atoms with Gasteiger partial charge >= 0.3 is 0 Å². The van der Waals surface area contributed by atoms with Gasteiger partial charge in [-0.1, -0.05) is 0 Å². The lowest BCUT2D eigenvalue weighted by molar-refractivity contribution is 0.0209. The number of aromatic nitrogens is 3. The van der Waals surface area contributed by atoms with Crippen LogP contribution in [0.1, 0.15) is 48.7 Å². The highest BCUT2D eigenvalue weighted by molar-refractivity contribution is 6.07. The van der Waals surface area contributed by atoms with E-state index in [1.807, 2.05) is 32.0 Å². The number of morpholine rings is 1. The third-order valence-electron chi connectivity index (χ3n) is 7.80. The van der Waals surface area contributed by atoms with E-state index in [0.29, 0.717) is 42.6 Å². The van der Waals surface area contributed by atoms with Gasteiger partial charge in [-0.3, -0.25) is 4.79 Å². The standard InChI is InChI=1S/C26H35N7O3/c1-17-13-22(31-25(27-17)33-11-12-36-18(2)14-33)30-24(34)20-3-4-21(28-19-15-35-16-19)29-23(20)32-9-7-26(5-6-26)8-10-32/h3-4,13,18-19H,5-12,14-16H2,1-2H3,(H,28,29)(H,27,30,31,34). The highest BCUT2D eigenvalue weighted by Gasteiger charge is 2.45. The van der Waals surface area contributed by atoms with Crippen molar-refractivity contribution in [3.8, 4) is 0 Å². The number of nitrogens with zero attached hydrogens (tertiary/aromatic N) is 5. The molecule has 1 unspecified atom stereocenters. The molecule has 10 heteroatoms. The van der Waals surface area contributed by atoms with E-state index in [-0.39, 0.29) is 18.1 Å².